The molecule has 0 radical (unpaired) electrons. The van der Waals surface area contributed by atoms with Gasteiger partial charge in [0.05, 0.1) is 18.8 Å². The molecule has 2 aromatic heterocycles. The molecule has 2 heterocycles. The number of nitrogens with one attached hydrogen (secondary N) is 1. The lowest BCUT2D eigenvalue weighted by Crippen LogP contribution is -2.40. The fourth-order valence-electron chi connectivity index (χ4n) is 1.73. The van der Waals surface area contributed by atoms with Gasteiger partial charge in [0, 0.05) is 6.08 Å². The average Bonchev–Trinajstić information content (AvgIpc) is 3.08. The number of hydrogen-bond donors (Lipinski definition) is 1. The number of hydrogen-bond acceptors (Lipinski definition) is 4. The second-order valence-electron chi connectivity index (χ2n) is 4.83. The van der Waals surface area contributed by atoms with Crippen molar-refractivity contribution in [2.75, 3.05) is 0 Å². The van der Waals surface area contributed by atoms with Gasteiger partial charge in [-0.05, 0) is 24.1 Å². The van der Waals surface area contributed by atoms with Gasteiger partial charge in [0.1, 0.15) is 18.4 Å². The summed E-state index contributed by atoms with van der Waals surface area (Å²) in [7, 11) is 0. The highest BCUT2D eigenvalue weighted by Crippen LogP contribution is 2.05. The molecule has 1 unspecified atom stereocenters. The molecule has 0 saturated carbocycles. The Bertz CT molecular complexity index is 544. The van der Waals surface area contributed by atoms with Gasteiger partial charge in [-0.15, -0.1) is 0 Å². The molecule has 106 valence electrons. The van der Waals surface area contributed by atoms with Crippen molar-refractivity contribution in [3.8, 4) is 0 Å². The van der Waals surface area contributed by atoms with E-state index in [1.807, 2.05) is 0 Å². The average molecular weight is 274 g/mol. The Morgan fingerprint density at radius 2 is 2.40 bits per heavy atom. The van der Waals surface area contributed by atoms with E-state index in [1.54, 1.807) is 35.5 Å². The number of rotatable bonds is 6. The predicted molar refractivity (Wildman–Crippen MR) is 74.5 cm³/mol. The van der Waals surface area contributed by atoms with Crippen molar-refractivity contribution in [1.29, 1.82) is 0 Å². The molecule has 6 nitrogen and oxygen atoms in total. The maximum atomic E-state index is 11.9. The van der Waals surface area contributed by atoms with Gasteiger partial charge >= 0.3 is 0 Å². The van der Waals surface area contributed by atoms with Gasteiger partial charge in [0.2, 0.25) is 5.91 Å². The van der Waals surface area contributed by atoms with Gasteiger partial charge in [0.25, 0.3) is 0 Å². The van der Waals surface area contributed by atoms with Crippen molar-refractivity contribution in [1.82, 2.24) is 20.1 Å². The second-order valence-corrected chi connectivity index (χ2v) is 4.83. The Morgan fingerprint density at radius 1 is 1.55 bits per heavy atom. The van der Waals surface area contributed by atoms with Gasteiger partial charge in [-0.1, -0.05) is 13.8 Å². The van der Waals surface area contributed by atoms with Gasteiger partial charge in [-0.25, -0.2) is 4.98 Å². The van der Waals surface area contributed by atoms with Crippen molar-refractivity contribution in [3.63, 3.8) is 0 Å². The Labute approximate surface area is 117 Å². The molecule has 1 N–H and O–H groups in total. The normalized spacial score (nSPS) is 12.9. The zero-order chi connectivity index (χ0) is 14.4. The summed E-state index contributed by atoms with van der Waals surface area (Å²) in [6, 6.07) is 3.56. The van der Waals surface area contributed by atoms with Crippen LogP contribution in [0.3, 0.4) is 0 Å². The number of carbonyl (C=O) groups excluding carboxylic acids is 1. The van der Waals surface area contributed by atoms with Crippen LogP contribution in [-0.4, -0.2) is 26.7 Å². The first-order valence-electron chi connectivity index (χ1n) is 6.49. The standard InChI is InChI=1S/C14H18N4O2/c1-11(2)13(8-18-10-15-9-16-18)17-14(19)6-5-12-4-3-7-20-12/h3-7,9-11,13H,8H2,1-2H3,(H,17,19)/b6-5+. The summed E-state index contributed by atoms with van der Waals surface area (Å²) in [6.45, 7) is 4.70. The summed E-state index contributed by atoms with van der Waals surface area (Å²) in [4.78, 5) is 15.8. The van der Waals surface area contributed by atoms with Crippen molar-refractivity contribution in [3.05, 3.63) is 42.9 Å². The maximum Gasteiger partial charge on any atom is 0.244 e. The quantitative estimate of drug-likeness (QED) is 0.814. The van der Waals surface area contributed by atoms with Crippen molar-refractivity contribution in [2.24, 2.45) is 5.92 Å². The Morgan fingerprint density at radius 3 is 3.00 bits per heavy atom. The number of aromatic nitrogens is 3. The number of carbonyl (C=O) groups is 1. The molecule has 2 aromatic rings. The highest BCUT2D eigenvalue weighted by molar-refractivity contribution is 5.91. The van der Waals surface area contributed by atoms with Crippen LogP contribution in [0.2, 0.25) is 0 Å². The first-order chi connectivity index (χ1) is 9.65. The summed E-state index contributed by atoms with van der Waals surface area (Å²) in [5.41, 5.74) is 0. The van der Waals surface area contributed by atoms with Crippen LogP contribution in [0.5, 0.6) is 0 Å². The van der Waals surface area contributed by atoms with E-state index < -0.39 is 0 Å². The number of nitrogens with zero attached hydrogens (tertiary/aromatic N) is 3. The molecule has 1 atom stereocenters. The third kappa shape index (κ3) is 4.08. The van der Waals surface area contributed by atoms with Crippen LogP contribution in [-0.2, 0) is 11.3 Å². The SMILES string of the molecule is CC(C)C(Cn1cncn1)NC(=O)/C=C/c1ccco1. The van der Waals surface area contributed by atoms with Gasteiger partial charge in [0.15, 0.2) is 0 Å². The van der Waals surface area contributed by atoms with Crippen molar-refractivity contribution in [2.45, 2.75) is 26.4 Å². The molecule has 2 rings (SSSR count). The molecule has 0 saturated heterocycles. The minimum atomic E-state index is -0.153. The molecule has 0 bridgehead atoms. The Hall–Kier alpha value is -2.37. The summed E-state index contributed by atoms with van der Waals surface area (Å²) in [6.07, 6.45) is 7.80. The molecule has 0 fully saturated rings. The minimum absolute atomic E-state index is 0.00884. The summed E-state index contributed by atoms with van der Waals surface area (Å²) < 4.78 is 6.84. The fraction of sp³-hybridized carbons (Fsp3) is 0.357. The van der Waals surface area contributed by atoms with Crippen LogP contribution in [0.4, 0.5) is 0 Å². The van der Waals surface area contributed by atoms with E-state index >= 15 is 0 Å². The molecule has 0 aliphatic carbocycles. The lowest BCUT2D eigenvalue weighted by atomic mass is 10.0. The van der Waals surface area contributed by atoms with Crippen LogP contribution in [0.25, 0.3) is 6.08 Å². The highest BCUT2D eigenvalue weighted by Gasteiger charge is 2.16. The first-order valence-corrected chi connectivity index (χ1v) is 6.49. The molecule has 20 heavy (non-hydrogen) atoms. The van der Waals surface area contributed by atoms with Crippen LogP contribution >= 0.6 is 0 Å². The van der Waals surface area contributed by atoms with E-state index in [4.69, 9.17) is 4.42 Å². The molecule has 0 aliphatic rings. The molecule has 6 heteroatoms. The Kier molecular flexibility index (Phi) is 4.70. The van der Waals surface area contributed by atoms with E-state index in [0.29, 0.717) is 18.2 Å². The minimum Gasteiger partial charge on any atom is -0.465 e. The molecular formula is C14H18N4O2. The van der Waals surface area contributed by atoms with E-state index in [1.165, 1.54) is 12.4 Å². The van der Waals surface area contributed by atoms with E-state index in [9.17, 15) is 4.79 Å². The van der Waals surface area contributed by atoms with E-state index in [-0.39, 0.29) is 11.9 Å². The van der Waals surface area contributed by atoms with Gasteiger partial charge < -0.3 is 9.73 Å². The van der Waals surface area contributed by atoms with Gasteiger partial charge in [-0.3, -0.25) is 9.48 Å². The molecular weight excluding hydrogens is 256 g/mol. The number of furan rings is 1. The summed E-state index contributed by atoms with van der Waals surface area (Å²) in [5, 5.41) is 7.01. The lowest BCUT2D eigenvalue weighted by Gasteiger charge is -2.21. The topological polar surface area (TPSA) is 73.0 Å². The summed E-state index contributed by atoms with van der Waals surface area (Å²) in [5.74, 6) is 0.790. The zero-order valence-corrected chi connectivity index (χ0v) is 11.6. The molecule has 0 aromatic carbocycles. The Balaban J connectivity index is 1.92. The zero-order valence-electron chi connectivity index (χ0n) is 11.6. The van der Waals surface area contributed by atoms with Gasteiger partial charge in [-0.2, -0.15) is 5.10 Å². The lowest BCUT2D eigenvalue weighted by molar-refractivity contribution is -0.117. The number of amides is 1. The van der Waals surface area contributed by atoms with E-state index in [0.717, 1.165) is 0 Å². The largest absolute Gasteiger partial charge is 0.465 e. The van der Waals surface area contributed by atoms with Crippen LogP contribution < -0.4 is 5.32 Å². The monoisotopic (exact) mass is 274 g/mol. The third-order valence-electron chi connectivity index (χ3n) is 2.92. The van der Waals surface area contributed by atoms with Crippen molar-refractivity contribution < 1.29 is 9.21 Å². The second kappa shape index (κ2) is 6.70. The van der Waals surface area contributed by atoms with Crippen LogP contribution in [0, 0.1) is 5.92 Å². The summed E-state index contributed by atoms with van der Waals surface area (Å²) >= 11 is 0. The van der Waals surface area contributed by atoms with Crippen LogP contribution in [0.1, 0.15) is 19.6 Å². The van der Waals surface area contributed by atoms with Crippen LogP contribution in [0.15, 0.2) is 41.5 Å². The molecule has 0 spiro atoms. The predicted octanol–water partition coefficient (Wildman–Crippen LogP) is 1.73. The fourth-order valence-corrected chi connectivity index (χ4v) is 1.73. The first kappa shape index (κ1) is 14.0. The molecule has 0 aliphatic heterocycles. The van der Waals surface area contributed by atoms with E-state index in [2.05, 4.69) is 29.2 Å². The van der Waals surface area contributed by atoms with Crippen molar-refractivity contribution >= 4 is 12.0 Å². The molecule has 1 amide bonds. The maximum absolute atomic E-state index is 11.9. The smallest absolute Gasteiger partial charge is 0.244 e. The highest BCUT2D eigenvalue weighted by atomic mass is 16.3. The third-order valence-corrected chi connectivity index (χ3v) is 2.92.